The van der Waals surface area contributed by atoms with E-state index in [4.69, 9.17) is 0 Å². The van der Waals surface area contributed by atoms with Gasteiger partial charge in [0.15, 0.2) is 0 Å². The number of alkyl halides is 2. The van der Waals surface area contributed by atoms with Crippen LogP contribution in [-0.2, 0) is 25.5 Å². The molecule has 1 spiro atoms. The van der Waals surface area contributed by atoms with Crippen molar-refractivity contribution in [3.8, 4) is 0 Å². The van der Waals surface area contributed by atoms with Gasteiger partial charge in [-0.2, -0.15) is 0 Å². The molecular weight excluding hydrogens is 524 g/mol. The molecule has 0 aromatic heterocycles. The predicted octanol–water partition coefficient (Wildman–Crippen LogP) is 3.90. The summed E-state index contributed by atoms with van der Waals surface area (Å²) >= 11 is 0. The standard InChI is InChI=1S/C25H31F2N3O5S2/c1-36(32,33)28-19-8-9-23-22(15-19)25(11-3-2-4-12-25)17-30(23)24(31)18-6-5-7-21(14-18)37(34,35)29-20(16-27)10-13-26/h5-9,14-15,20,28-29H,2-4,10-13,16-17H2,1H3. The quantitative estimate of drug-likeness (QED) is 0.488. The van der Waals surface area contributed by atoms with Gasteiger partial charge in [0.05, 0.1) is 23.9 Å². The van der Waals surface area contributed by atoms with Crippen LogP contribution in [0.1, 0.15) is 54.4 Å². The summed E-state index contributed by atoms with van der Waals surface area (Å²) in [7, 11) is -7.66. The first kappa shape index (κ1) is 27.5. The fourth-order valence-corrected chi connectivity index (χ4v) is 7.17. The van der Waals surface area contributed by atoms with E-state index in [9.17, 15) is 30.4 Å². The van der Waals surface area contributed by atoms with Crippen LogP contribution in [0.5, 0.6) is 0 Å². The Morgan fingerprint density at radius 2 is 1.78 bits per heavy atom. The summed E-state index contributed by atoms with van der Waals surface area (Å²) in [6.07, 6.45) is 5.54. The molecule has 1 aliphatic heterocycles. The van der Waals surface area contributed by atoms with E-state index in [1.54, 1.807) is 23.1 Å². The van der Waals surface area contributed by atoms with E-state index < -0.39 is 45.3 Å². The Bertz CT molecular complexity index is 1380. The molecule has 2 aromatic carbocycles. The molecule has 0 radical (unpaired) electrons. The van der Waals surface area contributed by atoms with Crippen molar-refractivity contribution in [2.24, 2.45) is 0 Å². The SMILES string of the molecule is CS(=O)(=O)Nc1ccc2c(c1)C1(CCCCC1)CN2C(=O)c1cccc(S(=O)(=O)NC(CF)CCF)c1. The maximum absolute atomic E-state index is 13.7. The van der Waals surface area contributed by atoms with Crippen molar-refractivity contribution in [2.75, 3.05) is 35.8 Å². The molecule has 2 aromatic rings. The summed E-state index contributed by atoms with van der Waals surface area (Å²) in [6, 6.07) is 9.41. The highest BCUT2D eigenvalue weighted by Gasteiger charge is 2.45. The fraction of sp³-hybridized carbons (Fsp3) is 0.480. The lowest BCUT2D eigenvalue weighted by Crippen LogP contribution is -2.38. The van der Waals surface area contributed by atoms with Crippen LogP contribution in [0, 0.1) is 0 Å². The maximum Gasteiger partial charge on any atom is 0.258 e. The summed E-state index contributed by atoms with van der Waals surface area (Å²) in [5, 5.41) is 0. The van der Waals surface area contributed by atoms with Crippen LogP contribution in [-0.4, -0.2) is 54.9 Å². The van der Waals surface area contributed by atoms with Gasteiger partial charge in [0.25, 0.3) is 5.91 Å². The van der Waals surface area contributed by atoms with E-state index in [1.165, 1.54) is 24.3 Å². The van der Waals surface area contributed by atoms with E-state index in [1.807, 2.05) is 0 Å². The van der Waals surface area contributed by atoms with Crippen LogP contribution in [0.25, 0.3) is 0 Å². The molecule has 2 aliphatic rings. The van der Waals surface area contributed by atoms with Gasteiger partial charge in [-0.1, -0.05) is 25.3 Å². The molecule has 2 N–H and O–H groups in total. The Morgan fingerprint density at radius 1 is 1.05 bits per heavy atom. The third-order valence-corrected chi connectivity index (χ3v) is 9.16. The molecule has 202 valence electrons. The molecule has 0 saturated heterocycles. The normalized spacial score (nSPS) is 18.0. The molecule has 4 rings (SSSR count). The summed E-state index contributed by atoms with van der Waals surface area (Å²) in [6.45, 7) is -1.52. The minimum atomic E-state index is -4.18. The Morgan fingerprint density at radius 3 is 2.43 bits per heavy atom. The number of amides is 1. The number of carbonyl (C=O) groups excluding carboxylic acids is 1. The van der Waals surface area contributed by atoms with Crippen molar-refractivity contribution in [3.63, 3.8) is 0 Å². The van der Waals surface area contributed by atoms with E-state index in [-0.39, 0.29) is 22.3 Å². The average molecular weight is 556 g/mol. The van der Waals surface area contributed by atoms with Crippen molar-refractivity contribution in [3.05, 3.63) is 53.6 Å². The zero-order chi connectivity index (χ0) is 26.8. The number of rotatable bonds is 9. The molecule has 1 fully saturated rings. The van der Waals surface area contributed by atoms with Crippen LogP contribution in [0.3, 0.4) is 0 Å². The van der Waals surface area contributed by atoms with Gasteiger partial charge in [0, 0.05) is 28.9 Å². The van der Waals surface area contributed by atoms with E-state index in [0.29, 0.717) is 17.9 Å². The van der Waals surface area contributed by atoms with E-state index in [0.717, 1.165) is 43.9 Å². The summed E-state index contributed by atoms with van der Waals surface area (Å²) < 4.78 is 79.6. The van der Waals surface area contributed by atoms with Gasteiger partial charge < -0.3 is 4.90 Å². The Hall–Kier alpha value is -2.57. The van der Waals surface area contributed by atoms with E-state index >= 15 is 0 Å². The monoisotopic (exact) mass is 555 g/mol. The zero-order valence-electron chi connectivity index (χ0n) is 20.5. The molecule has 8 nitrogen and oxygen atoms in total. The number of sulfonamides is 2. The minimum absolute atomic E-state index is 0.141. The molecule has 1 unspecified atom stereocenters. The second kappa shape index (κ2) is 10.7. The molecule has 1 amide bonds. The van der Waals surface area contributed by atoms with Crippen molar-refractivity contribution >= 4 is 37.3 Å². The molecular formula is C25H31F2N3O5S2. The number of hydrogen-bond donors (Lipinski definition) is 2. The lowest BCUT2D eigenvalue weighted by Gasteiger charge is -2.34. The smallest absolute Gasteiger partial charge is 0.258 e. The molecule has 37 heavy (non-hydrogen) atoms. The average Bonchev–Trinajstić information content (AvgIpc) is 3.15. The largest absolute Gasteiger partial charge is 0.307 e. The summed E-state index contributed by atoms with van der Waals surface area (Å²) in [5.74, 6) is -0.393. The highest BCUT2D eigenvalue weighted by atomic mass is 32.2. The molecule has 1 aliphatic carbocycles. The number of nitrogens with one attached hydrogen (secondary N) is 2. The van der Waals surface area contributed by atoms with Gasteiger partial charge in [0.2, 0.25) is 20.0 Å². The van der Waals surface area contributed by atoms with Crippen molar-refractivity contribution in [1.82, 2.24) is 4.72 Å². The van der Waals surface area contributed by atoms with Crippen molar-refractivity contribution in [2.45, 2.75) is 54.9 Å². The van der Waals surface area contributed by atoms with Gasteiger partial charge >= 0.3 is 0 Å². The molecule has 12 heteroatoms. The van der Waals surface area contributed by atoms with Crippen LogP contribution in [0.4, 0.5) is 20.2 Å². The number of fused-ring (bicyclic) bond motifs is 2. The predicted molar refractivity (Wildman–Crippen MR) is 138 cm³/mol. The third kappa shape index (κ3) is 5.96. The number of halogens is 2. The summed E-state index contributed by atoms with van der Waals surface area (Å²) in [4.78, 5) is 15.1. The maximum atomic E-state index is 13.7. The fourth-order valence-electron chi connectivity index (χ4n) is 5.32. The number of anilines is 2. The van der Waals surface area contributed by atoms with Gasteiger partial charge in [-0.15, -0.1) is 0 Å². The van der Waals surface area contributed by atoms with Crippen LogP contribution in [0.15, 0.2) is 47.4 Å². The third-order valence-electron chi connectivity index (χ3n) is 7.04. The van der Waals surface area contributed by atoms with Gasteiger partial charge in [-0.25, -0.2) is 25.9 Å². The Labute approximate surface area is 216 Å². The second-order valence-electron chi connectivity index (χ2n) is 9.82. The Kier molecular flexibility index (Phi) is 7.91. The summed E-state index contributed by atoms with van der Waals surface area (Å²) in [5.41, 5.74) is 1.82. The van der Waals surface area contributed by atoms with Crippen LogP contribution in [0.2, 0.25) is 0 Å². The number of carbonyl (C=O) groups is 1. The first-order valence-corrected chi connectivity index (χ1v) is 15.5. The lowest BCUT2D eigenvalue weighted by atomic mass is 9.70. The molecule has 0 bridgehead atoms. The van der Waals surface area contributed by atoms with E-state index in [2.05, 4.69) is 9.44 Å². The topological polar surface area (TPSA) is 113 Å². The number of benzene rings is 2. The van der Waals surface area contributed by atoms with Crippen LogP contribution >= 0.6 is 0 Å². The Balaban J connectivity index is 1.67. The van der Waals surface area contributed by atoms with Gasteiger partial charge in [-0.3, -0.25) is 13.9 Å². The van der Waals surface area contributed by atoms with Gasteiger partial charge in [0.1, 0.15) is 6.67 Å². The molecule has 1 heterocycles. The highest BCUT2D eigenvalue weighted by Crippen LogP contribution is 2.50. The minimum Gasteiger partial charge on any atom is -0.307 e. The highest BCUT2D eigenvalue weighted by molar-refractivity contribution is 7.92. The second-order valence-corrected chi connectivity index (χ2v) is 13.3. The first-order valence-electron chi connectivity index (χ1n) is 12.2. The molecule has 1 atom stereocenters. The first-order chi connectivity index (χ1) is 17.5. The zero-order valence-corrected chi connectivity index (χ0v) is 22.2. The van der Waals surface area contributed by atoms with Gasteiger partial charge in [-0.05, 0) is 61.2 Å². The number of hydrogen-bond acceptors (Lipinski definition) is 5. The lowest BCUT2D eigenvalue weighted by molar-refractivity contribution is 0.0982. The molecule has 1 saturated carbocycles. The van der Waals surface area contributed by atoms with Crippen LogP contribution < -0.4 is 14.3 Å². The number of nitrogens with zero attached hydrogens (tertiary/aromatic N) is 1. The van der Waals surface area contributed by atoms with Crippen molar-refractivity contribution in [1.29, 1.82) is 0 Å². The van der Waals surface area contributed by atoms with Crippen molar-refractivity contribution < 1.29 is 30.4 Å².